The quantitative estimate of drug-likeness (QED) is 0.0399. The third-order valence-electron chi connectivity index (χ3n) is 20.4. The van der Waals surface area contributed by atoms with E-state index in [1.165, 1.54) is 152 Å². The van der Waals surface area contributed by atoms with Crippen molar-refractivity contribution in [2.75, 3.05) is 42.7 Å². The van der Waals surface area contributed by atoms with E-state index in [9.17, 15) is 162 Å². The minimum Gasteiger partial charge on any atom is -0.508 e. The molecular formula is C96H72O44. The van der Waals surface area contributed by atoms with Gasteiger partial charge in [-0.1, -0.05) is 0 Å². The zero-order valence-corrected chi connectivity index (χ0v) is 72.1. The molecule has 0 unspecified atom stereocenters. The van der Waals surface area contributed by atoms with Gasteiger partial charge < -0.3 is 188 Å². The van der Waals surface area contributed by atoms with Crippen molar-refractivity contribution >= 4 is 65.8 Å². The largest absolute Gasteiger partial charge is 0.508 e. The fourth-order valence-corrected chi connectivity index (χ4v) is 13.9. The fourth-order valence-electron chi connectivity index (χ4n) is 13.9. The Morgan fingerprint density at radius 3 is 0.686 bits per heavy atom. The lowest BCUT2D eigenvalue weighted by molar-refractivity contribution is 0.367. The third kappa shape index (κ3) is 18.6. The molecule has 18 aromatic rings. The molecule has 0 saturated heterocycles. The van der Waals surface area contributed by atoms with Crippen molar-refractivity contribution in [2.45, 2.75) is 0 Å². The number of hydrogen-bond acceptors (Lipinski definition) is 44. The lowest BCUT2D eigenvalue weighted by Gasteiger charge is -2.11. The van der Waals surface area contributed by atoms with Gasteiger partial charge in [0.25, 0.3) is 0 Å². The number of ether oxygens (including phenoxy) is 6. The Morgan fingerprint density at radius 2 is 0.407 bits per heavy atom. The van der Waals surface area contributed by atoms with Crippen LogP contribution in [0.15, 0.2) is 225 Å². The van der Waals surface area contributed by atoms with Crippen LogP contribution in [-0.4, -0.2) is 175 Å². The average Bonchev–Trinajstić information content (AvgIpc) is 0.767. The molecule has 0 aliphatic heterocycles. The molecule has 12 aromatic carbocycles. The van der Waals surface area contributed by atoms with E-state index in [1.54, 1.807) is 0 Å². The summed E-state index contributed by atoms with van der Waals surface area (Å²) in [6, 6.07) is 33.3. The second-order valence-electron chi connectivity index (χ2n) is 29.3. The summed E-state index contributed by atoms with van der Waals surface area (Å²) in [6.45, 7) is 0. The number of hydrogen-bond donors (Lipinski definition) is 26. The summed E-state index contributed by atoms with van der Waals surface area (Å²) in [5.41, 5.74) is -3.96. The highest BCUT2D eigenvalue weighted by molar-refractivity contribution is 5.96. The van der Waals surface area contributed by atoms with Crippen LogP contribution in [0.4, 0.5) is 0 Å². The molecule has 18 rings (SSSR count). The lowest BCUT2D eigenvalue weighted by Crippen LogP contribution is -2.07. The number of phenolic OH excluding ortho intramolecular Hbond substituents is 24. The van der Waals surface area contributed by atoms with Gasteiger partial charge in [0.15, 0.2) is 121 Å². The molecule has 0 aliphatic carbocycles. The summed E-state index contributed by atoms with van der Waals surface area (Å²) in [5.74, 6) is -13.1. The van der Waals surface area contributed by atoms with Crippen molar-refractivity contribution in [3.8, 4) is 252 Å². The van der Waals surface area contributed by atoms with Crippen molar-refractivity contribution in [3.63, 3.8) is 0 Å². The monoisotopic (exact) mass is 1930 g/mol. The first kappa shape index (κ1) is 97.0. The average molecular weight is 1930 g/mol. The van der Waals surface area contributed by atoms with Crippen LogP contribution in [0.3, 0.4) is 0 Å². The van der Waals surface area contributed by atoms with Gasteiger partial charge in [0, 0.05) is 100 Å². The predicted octanol–water partition coefficient (Wildman–Crippen LogP) is 13.2. The molecule has 0 aliphatic rings. The van der Waals surface area contributed by atoms with Gasteiger partial charge in [-0.15, -0.1) is 0 Å². The smallest absolute Gasteiger partial charge is 0.239 e. The zero-order chi connectivity index (χ0) is 102. The van der Waals surface area contributed by atoms with Crippen LogP contribution in [0.25, 0.3) is 134 Å². The number of fused-ring (bicyclic) bond motifs is 6. The van der Waals surface area contributed by atoms with Crippen molar-refractivity contribution in [3.05, 3.63) is 231 Å². The van der Waals surface area contributed by atoms with Gasteiger partial charge in [0.05, 0.1) is 42.7 Å². The Hall–Kier alpha value is -20.5. The number of methoxy groups -OCH3 is 6. The van der Waals surface area contributed by atoms with Crippen LogP contribution < -0.4 is 61.0 Å². The summed E-state index contributed by atoms with van der Waals surface area (Å²) in [5, 5.41) is 250. The van der Waals surface area contributed by atoms with Gasteiger partial charge in [-0.25, -0.2) is 0 Å². The molecule has 720 valence electrons. The molecule has 44 nitrogen and oxygen atoms in total. The van der Waals surface area contributed by atoms with E-state index < -0.39 is 136 Å². The Morgan fingerprint density at radius 1 is 0.179 bits per heavy atom. The lowest BCUT2D eigenvalue weighted by atomic mass is 10.1. The number of phenols is 24. The van der Waals surface area contributed by atoms with Gasteiger partial charge >= 0.3 is 0 Å². The molecular weight excluding hydrogens is 1860 g/mol. The normalized spacial score (nSPS) is 10.8. The zero-order valence-electron chi connectivity index (χ0n) is 72.1. The Labute approximate surface area is 775 Å². The molecule has 6 heterocycles. The highest BCUT2D eigenvalue weighted by atomic mass is 16.5. The van der Waals surface area contributed by atoms with Crippen molar-refractivity contribution < 1.29 is 188 Å². The molecule has 0 radical (unpaired) electrons. The minimum atomic E-state index is -0.994. The first-order valence-corrected chi connectivity index (χ1v) is 39.4. The summed E-state index contributed by atoms with van der Waals surface area (Å²) in [4.78, 5) is 74.5. The van der Waals surface area contributed by atoms with Gasteiger partial charge in [-0.05, 0) is 103 Å². The number of benzene rings is 12. The van der Waals surface area contributed by atoms with E-state index >= 15 is 0 Å². The van der Waals surface area contributed by atoms with E-state index in [0.29, 0.717) is 0 Å². The first-order chi connectivity index (χ1) is 66.3. The predicted molar refractivity (Wildman–Crippen MR) is 490 cm³/mol. The van der Waals surface area contributed by atoms with Crippen LogP contribution in [0.1, 0.15) is 0 Å². The van der Waals surface area contributed by atoms with E-state index in [1.807, 2.05) is 0 Å². The van der Waals surface area contributed by atoms with Gasteiger partial charge in [0.1, 0.15) is 123 Å². The molecule has 26 N–H and O–H groups in total. The maximum atomic E-state index is 12.5. The van der Waals surface area contributed by atoms with Crippen LogP contribution >= 0.6 is 0 Å². The van der Waals surface area contributed by atoms with E-state index in [0.717, 1.165) is 60.7 Å². The van der Waals surface area contributed by atoms with Crippen LogP contribution in [0, 0.1) is 0 Å². The third-order valence-corrected chi connectivity index (χ3v) is 20.4. The van der Waals surface area contributed by atoms with Crippen molar-refractivity contribution in [1.29, 1.82) is 0 Å². The van der Waals surface area contributed by atoms with E-state index in [2.05, 4.69) is 0 Å². The first-order valence-electron chi connectivity index (χ1n) is 39.4. The van der Waals surface area contributed by atoms with Crippen LogP contribution in [0.2, 0.25) is 0 Å². The van der Waals surface area contributed by atoms with E-state index in [4.69, 9.17) is 54.9 Å². The molecule has 44 heteroatoms. The Kier molecular flexibility index (Phi) is 26.9. The number of aromatic hydroxyl groups is 26. The SMILES string of the molecule is COc1c(-c2cc(O)c(O)c(O)c2)oc2cc(O)cc(O)c2c1=O.COc1c(-c2ccc(O)c(O)c2)oc2cc(O)cc(O)c2c1=O.COc1c(-c2ccc(O)c(O)c2)oc2cc(O)cc(O)c2c1=O.COc1c(-c2ccc(O)c(O)c2)oc2cc(O)cc(O)c2c1=O.COc1cc(-c2oc3c(O)c(O)cc(O)c3c(=O)c2O)ccc1O.COc1cc(-c2oc3cc(O)cc(O)c3c(=O)c2O)ccc1O. The Balaban J connectivity index is 0.000000141. The van der Waals surface area contributed by atoms with Gasteiger partial charge in [-0.3, -0.25) is 28.8 Å². The van der Waals surface area contributed by atoms with Gasteiger partial charge in [0.2, 0.25) is 72.8 Å². The number of rotatable bonds is 12. The molecule has 0 atom stereocenters. The van der Waals surface area contributed by atoms with E-state index in [-0.39, 0.29) is 215 Å². The Bertz CT molecular complexity index is 8050. The maximum Gasteiger partial charge on any atom is 0.239 e. The van der Waals surface area contributed by atoms with Crippen LogP contribution in [-0.2, 0) is 0 Å². The summed E-state index contributed by atoms with van der Waals surface area (Å²) in [7, 11) is 7.67. The van der Waals surface area contributed by atoms with Crippen molar-refractivity contribution in [1.82, 2.24) is 0 Å². The van der Waals surface area contributed by atoms with Gasteiger partial charge in [-0.2, -0.15) is 0 Å². The molecule has 140 heavy (non-hydrogen) atoms. The second kappa shape index (κ2) is 38.7. The second-order valence-corrected chi connectivity index (χ2v) is 29.3. The molecule has 0 bridgehead atoms. The van der Waals surface area contributed by atoms with Crippen LogP contribution in [0.5, 0.6) is 184 Å². The fraction of sp³-hybridized carbons (Fsp3) is 0.0625. The summed E-state index contributed by atoms with van der Waals surface area (Å²) < 4.78 is 63.2. The molecule has 0 saturated carbocycles. The highest BCUT2D eigenvalue weighted by Gasteiger charge is 2.30. The highest BCUT2D eigenvalue weighted by Crippen LogP contribution is 2.49. The standard InChI is InChI=1S/2C16H12O8.4C16H12O7/c1-23-16-14(22)12-8(18)4-7(17)5-11(12)24-15(16)6-2-9(19)13(21)10(20)3-6;1-23-10-4-6(2-3-7(10)17)15-14(22)13(21)11-8(18)5-9(19)12(20)16(11)24-15;1-22-11-4-7(2-3-9(11)18)16-15(21)14(20)13-10(19)5-8(17)6-12(13)23-16;3*1-22-16-14(21)13-11(20)5-8(17)6-12(13)23-15(16)7-2-3-9(18)10(19)4-7/h2-5,17-21H,1H3;2-5,17-20,22H,1H3;2-6,17-19,21H,1H3;3*2-6,17-20H,1H3. The summed E-state index contributed by atoms with van der Waals surface area (Å²) >= 11 is 0. The molecule has 6 aromatic heterocycles. The molecule has 0 spiro atoms. The molecule has 0 amide bonds. The topological polar surface area (TPSA) is 763 Å². The van der Waals surface area contributed by atoms with Crippen molar-refractivity contribution in [2.24, 2.45) is 0 Å². The summed E-state index contributed by atoms with van der Waals surface area (Å²) in [6.07, 6.45) is 0. The molecule has 0 fully saturated rings. The maximum absolute atomic E-state index is 12.5. The minimum absolute atomic E-state index is 0.00898.